The molecule has 3 atom stereocenters. The SMILES string of the molecule is CC(N)C1CCCN(C(=O)CCC2NC(=O)N(c3ccc(Cl)cc3)C2=O)C1.Cl. The van der Waals surface area contributed by atoms with Crippen LogP contribution in [0, 0.1) is 5.92 Å². The third kappa shape index (κ3) is 4.96. The van der Waals surface area contributed by atoms with Gasteiger partial charge < -0.3 is 16.0 Å². The van der Waals surface area contributed by atoms with Gasteiger partial charge in [0.1, 0.15) is 6.04 Å². The summed E-state index contributed by atoms with van der Waals surface area (Å²) in [6, 6.07) is 5.38. The van der Waals surface area contributed by atoms with E-state index in [0.717, 1.165) is 24.3 Å². The van der Waals surface area contributed by atoms with Crippen molar-refractivity contribution in [2.45, 2.75) is 44.7 Å². The largest absolute Gasteiger partial charge is 0.342 e. The summed E-state index contributed by atoms with van der Waals surface area (Å²) in [5.41, 5.74) is 6.44. The summed E-state index contributed by atoms with van der Waals surface area (Å²) >= 11 is 5.85. The van der Waals surface area contributed by atoms with E-state index >= 15 is 0 Å². The second kappa shape index (κ2) is 9.58. The van der Waals surface area contributed by atoms with Gasteiger partial charge in [0.25, 0.3) is 5.91 Å². The molecule has 9 heteroatoms. The molecule has 2 aliphatic heterocycles. The smallest absolute Gasteiger partial charge is 0.329 e. The Morgan fingerprint density at radius 2 is 2.00 bits per heavy atom. The molecule has 3 rings (SSSR count). The van der Waals surface area contributed by atoms with Crippen LogP contribution in [0.2, 0.25) is 5.02 Å². The van der Waals surface area contributed by atoms with E-state index in [1.54, 1.807) is 24.3 Å². The predicted octanol–water partition coefficient (Wildman–Crippen LogP) is 2.55. The zero-order valence-electron chi connectivity index (χ0n) is 15.8. The highest BCUT2D eigenvalue weighted by atomic mass is 35.5. The van der Waals surface area contributed by atoms with Crippen LogP contribution in [0.3, 0.4) is 0 Å². The van der Waals surface area contributed by atoms with E-state index in [-0.39, 0.29) is 43.1 Å². The van der Waals surface area contributed by atoms with Gasteiger partial charge in [0.05, 0.1) is 5.69 Å². The summed E-state index contributed by atoms with van der Waals surface area (Å²) < 4.78 is 0. The third-order valence-electron chi connectivity index (χ3n) is 5.31. The number of amides is 4. The fraction of sp³-hybridized carbons (Fsp3) is 0.526. The van der Waals surface area contributed by atoms with E-state index in [0.29, 0.717) is 23.2 Å². The molecule has 1 aromatic carbocycles. The maximum Gasteiger partial charge on any atom is 0.329 e. The number of likely N-dealkylation sites (tertiary alicyclic amines) is 1. The van der Waals surface area contributed by atoms with Crippen molar-refractivity contribution in [2.75, 3.05) is 18.0 Å². The number of piperidine rings is 1. The topological polar surface area (TPSA) is 95.7 Å². The van der Waals surface area contributed by atoms with Gasteiger partial charge in [0, 0.05) is 30.6 Å². The van der Waals surface area contributed by atoms with Crippen molar-refractivity contribution in [2.24, 2.45) is 11.7 Å². The lowest BCUT2D eigenvalue weighted by molar-refractivity contribution is -0.133. The van der Waals surface area contributed by atoms with Crippen LogP contribution in [0.15, 0.2) is 24.3 Å². The van der Waals surface area contributed by atoms with Crippen molar-refractivity contribution in [3.05, 3.63) is 29.3 Å². The molecule has 2 fully saturated rings. The van der Waals surface area contributed by atoms with Gasteiger partial charge in [-0.15, -0.1) is 12.4 Å². The zero-order chi connectivity index (χ0) is 19.6. The third-order valence-corrected chi connectivity index (χ3v) is 5.56. The molecule has 154 valence electrons. The number of nitrogens with zero attached hydrogens (tertiary/aromatic N) is 2. The van der Waals surface area contributed by atoms with Crippen molar-refractivity contribution in [3.63, 3.8) is 0 Å². The normalized spacial score (nSPS) is 23.2. The first-order valence-electron chi connectivity index (χ1n) is 9.30. The van der Waals surface area contributed by atoms with E-state index in [4.69, 9.17) is 17.3 Å². The van der Waals surface area contributed by atoms with E-state index in [9.17, 15) is 14.4 Å². The minimum Gasteiger partial charge on any atom is -0.342 e. The summed E-state index contributed by atoms with van der Waals surface area (Å²) in [6.07, 6.45) is 2.49. The van der Waals surface area contributed by atoms with Gasteiger partial charge >= 0.3 is 6.03 Å². The number of carbonyl (C=O) groups excluding carboxylic acids is 3. The number of benzene rings is 1. The fourth-order valence-corrected chi connectivity index (χ4v) is 3.78. The summed E-state index contributed by atoms with van der Waals surface area (Å²) in [5, 5.41) is 3.19. The maximum absolute atomic E-state index is 12.6. The number of rotatable bonds is 5. The fourth-order valence-electron chi connectivity index (χ4n) is 3.65. The molecule has 3 unspecified atom stereocenters. The van der Waals surface area contributed by atoms with Gasteiger partial charge in [-0.3, -0.25) is 9.59 Å². The summed E-state index contributed by atoms with van der Waals surface area (Å²) in [4.78, 5) is 40.3. The highest BCUT2D eigenvalue weighted by Gasteiger charge is 2.39. The van der Waals surface area contributed by atoms with Crippen LogP contribution >= 0.6 is 24.0 Å². The minimum absolute atomic E-state index is 0. The van der Waals surface area contributed by atoms with Crippen LogP contribution in [0.1, 0.15) is 32.6 Å². The number of urea groups is 1. The van der Waals surface area contributed by atoms with Gasteiger partial charge in [-0.05, 0) is 56.4 Å². The number of nitrogens with one attached hydrogen (secondary N) is 1. The number of imide groups is 1. The number of hydrogen-bond acceptors (Lipinski definition) is 4. The van der Waals surface area contributed by atoms with Gasteiger partial charge in [-0.2, -0.15) is 0 Å². The van der Waals surface area contributed by atoms with Crippen LogP contribution in [0.5, 0.6) is 0 Å². The Hall–Kier alpha value is -1.83. The standard InChI is InChI=1S/C19H25ClN4O3.ClH/c1-12(21)13-3-2-10-23(11-13)17(25)9-8-16-18(26)24(19(27)22-16)15-6-4-14(20)5-7-15;/h4-7,12-13,16H,2-3,8-11,21H2,1H3,(H,22,27);1H. The lowest BCUT2D eigenvalue weighted by atomic mass is 9.92. The second-order valence-electron chi connectivity index (χ2n) is 7.29. The number of halogens is 2. The molecule has 28 heavy (non-hydrogen) atoms. The molecule has 0 saturated carbocycles. The molecular weight excluding hydrogens is 403 g/mol. The van der Waals surface area contributed by atoms with E-state index < -0.39 is 12.1 Å². The quantitative estimate of drug-likeness (QED) is 0.704. The number of anilines is 1. The Kier molecular flexibility index (Phi) is 7.69. The molecule has 0 spiro atoms. The number of hydrogen-bond donors (Lipinski definition) is 2. The summed E-state index contributed by atoms with van der Waals surface area (Å²) in [6.45, 7) is 3.36. The molecule has 2 heterocycles. The molecule has 7 nitrogen and oxygen atoms in total. The molecule has 0 bridgehead atoms. The predicted molar refractivity (Wildman–Crippen MR) is 111 cm³/mol. The molecule has 0 radical (unpaired) electrons. The highest BCUT2D eigenvalue weighted by molar-refractivity contribution is 6.30. The Bertz CT molecular complexity index is 726. The van der Waals surface area contributed by atoms with Crippen molar-refractivity contribution in [3.8, 4) is 0 Å². The lowest BCUT2D eigenvalue weighted by Crippen LogP contribution is -2.45. The first-order chi connectivity index (χ1) is 12.9. The van der Waals surface area contributed by atoms with Crippen LogP contribution in [0.25, 0.3) is 0 Å². The van der Waals surface area contributed by atoms with Crippen LogP contribution in [-0.2, 0) is 9.59 Å². The molecule has 4 amide bonds. The Morgan fingerprint density at radius 3 is 2.64 bits per heavy atom. The molecular formula is C19H26Cl2N4O3. The molecule has 2 saturated heterocycles. The Labute approximate surface area is 176 Å². The molecule has 0 aliphatic carbocycles. The molecule has 0 aromatic heterocycles. The van der Waals surface area contributed by atoms with Gasteiger partial charge in [-0.1, -0.05) is 11.6 Å². The van der Waals surface area contributed by atoms with Crippen molar-refractivity contribution in [1.82, 2.24) is 10.2 Å². The van der Waals surface area contributed by atoms with Gasteiger partial charge in [-0.25, -0.2) is 9.69 Å². The molecule has 1 aromatic rings. The van der Waals surface area contributed by atoms with Crippen molar-refractivity contribution >= 4 is 47.5 Å². The number of carbonyl (C=O) groups is 3. The van der Waals surface area contributed by atoms with E-state index in [1.165, 1.54) is 0 Å². The van der Waals surface area contributed by atoms with Crippen LogP contribution < -0.4 is 16.0 Å². The monoisotopic (exact) mass is 428 g/mol. The second-order valence-corrected chi connectivity index (χ2v) is 7.73. The van der Waals surface area contributed by atoms with Gasteiger partial charge in [0.15, 0.2) is 0 Å². The first kappa shape index (κ1) is 22.5. The van der Waals surface area contributed by atoms with Crippen LogP contribution in [-0.4, -0.2) is 47.9 Å². The van der Waals surface area contributed by atoms with Crippen molar-refractivity contribution < 1.29 is 14.4 Å². The Morgan fingerprint density at radius 1 is 1.32 bits per heavy atom. The first-order valence-corrected chi connectivity index (χ1v) is 9.68. The van der Waals surface area contributed by atoms with E-state index in [1.807, 2.05) is 11.8 Å². The number of nitrogens with two attached hydrogens (primary N) is 1. The van der Waals surface area contributed by atoms with E-state index in [2.05, 4.69) is 5.32 Å². The summed E-state index contributed by atoms with van der Waals surface area (Å²) in [5.74, 6) is -0.0227. The summed E-state index contributed by atoms with van der Waals surface area (Å²) in [7, 11) is 0. The average molecular weight is 429 g/mol. The molecule has 3 N–H and O–H groups in total. The maximum atomic E-state index is 12.6. The van der Waals surface area contributed by atoms with Crippen LogP contribution in [0.4, 0.5) is 10.5 Å². The lowest BCUT2D eigenvalue weighted by Gasteiger charge is -2.34. The minimum atomic E-state index is -0.689. The Balaban J connectivity index is 0.00000280. The van der Waals surface area contributed by atoms with Gasteiger partial charge in [0.2, 0.25) is 5.91 Å². The highest BCUT2D eigenvalue weighted by Crippen LogP contribution is 2.24. The molecule has 2 aliphatic rings. The average Bonchev–Trinajstić information content (AvgIpc) is 2.94. The zero-order valence-corrected chi connectivity index (χ0v) is 17.3. The van der Waals surface area contributed by atoms with Crippen molar-refractivity contribution in [1.29, 1.82) is 0 Å².